The highest BCUT2D eigenvalue weighted by atomic mass is 16.5. The Morgan fingerprint density at radius 1 is 0.889 bits per heavy atom. The molecule has 0 heterocycles. The third-order valence-electron chi connectivity index (χ3n) is 3.69. The summed E-state index contributed by atoms with van der Waals surface area (Å²) in [6.45, 7) is 0.00128. The number of hydrogen-bond acceptors (Lipinski definition) is 7. The summed E-state index contributed by atoms with van der Waals surface area (Å²) in [5.41, 5.74) is 1.52. The zero-order valence-corrected chi connectivity index (χ0v) is 15.6. The van der Waals surface area contributed by atoms with Gasteiger partial charge in [0.25, 0.3) is 0 Å². The van der Waals surface area contributed by atoms with E-state index in [1.165, 1.54) is 28.4 Å². The Hall–Kier alpha value is -3.42. The number of carbonyl (C=O) groups excluding carboxylic acids is 2. The van der Waals surface area contributed by atoms with E-state index in [2.05, 4.69) is 15.4 Å². The number of benzene rings is 2. The van der Waals surface area contributed by atoms with Crippen molar-refractivity contribution in [3.63, 3.8) is 0 Å². The highest BCUT2D eigenvalue weighted by Gasteiger charge is 2.14. The first-order valence-electron chi connectivity index (χ1n) is 8.04. The maximum absolute atomic E-state index is 12.2. The summed E-state index contributed by atoms with van der Waals surface area (Å²) < 4.78 is 20.5. The van der Waals surface area contributed by atoms with Crippen LogP contribution in [0.2, 0.25) is 0 Å². The average Bonchev–Trinajstić information content (AvgIpc) is 2.70. The number of amides is 1. The molecule has 8 heteroatoms. The Labute approximate surface area is 157 Å². The fraction of sp³-hybridized carbons (Fsp3) is 0.263. The minimum Gasteiger partial charge on any atom is -0.493 e. The molecule has 1 amide bonds. The van der Waals surface area contributed by atoms with Gasteiger partial charge in [0.15, 0.2) is 11.5 Å². The summed E-state index contributed by atoms with van der Waals surface area (Å²) in [7, 11) is 5.82. The first-order valence-corrected chi connectivity index (χ1v) is 8.04. The molecule has 0 aliphatic rings. The van der Waals surface area contributed by atoms with Crippen molar-refractivity contribution in [1.82, 2.24) is 0 Å². The van der Waals surface area contributed by atoms with Gasteiger partial charge < -0.3 is 29.6 Å². The van der Waals surface area contributed by atoms with Gasteiger partial charge >= 0.3 is 5.97 Å². The molecule has 2 rings (SSSR count). The Morgan fingerprint density at radius 2 is 1.56 bits per heavy atom. The van der Waals surface area contributed by atoms with Crippen LogP contribution in [0.3, 0.4) is 0 Å². The second-order valence-electron chi connectivity index (χ2n) is 5.39. The molecule has 0 aliphatic heterocycles. The molecule has 2 N–H and O–H groups in total. The second-order valence-corrected chi connectivity index (χ2v) is 5.39. The van der Waals surface area contributed by atoms with Gasteiger partial charge in [-0.2, -0.15) is 0 Å². The average molecular weight is 374 g/mol. The van der Waals surface area contributed by atoms with E-state index in [1.807, 2.05) is 0 Å². The fourth-order valence-corrected chi connectivity index (χ4v) is 2.41. The number of esters is 1. The third kappa shape index (κ3) is 5.04. The van der Waals surface area contributed by atoms with Crippen molar-refractivity contribution in [2.24, 2.45) is 0 Å². The number of ether oxygens (including phenoxy) is 4. The third-order valence-corrected chi connectivity index (χ3v) is 3.69. The Morgan fingerprint density at radius 3 is 2.11 bits per heavy atom. The molecule has 144 valence electrons. The van der Waals surface area contributed by atoms with Crippen molar-refractivity contribution in [1.29, 1.82) is 0 Å². The van der Waals surface area contributed by atoms with Gasteiger partial charge in [0, 0.05) is 23.5 Å². The van der Waals surface area contributed by atoms with Gasteiger partial charge in [-0.3, -0.25) is 4.79 Å². The van der Waals surface area contributed by atoms with Crippen molar-refractivity contribution >= 4 is 23.3 Å². The lowest BCUT2D eigenvalue weighted by molar-refractivity contribution is -0.114. The van der Waals surface area contributed by atoms with E-state index >= 15 is 0 Å². The molecule has 0 fully saturated rings. The predicted octanol–water partition coefficient (Wildman–Crippen LogP) is 2.55. The zero-order valence-electron chi connectivity index (χ0n) is 15.6. The number of nitrogens with one attached hydrogen (secondary N) is 2. The molecular weight excluding hydrogens is 352 g/mol. The highest BCUT2D eigenvalue weighted by molar-refractivity contribution is 5.95. The lowest BCUT2D eigenvalue weighted by Gasteiger charge is -2.15. The molecule has 27 heavy (non-hydrogen) atoms. The molecule has 0 saturated heterocycles. The van der Waals surface area contributed by atoms with Crippen molar-refractivity contribution < 1.29 is 28.5 Å². The van der Waals surface area contributed by atoms with Gasteiger partial charge in [-0.1, -0.05) is 6.07 Å². The summed E-state index contributed by atoms with van der Waals surface area (Å²) in [6.07, 6.45) is 0. The van der Waals surface area contributed by atoms with Gasteiger partial charge in [0.05, 0.1) is 40.5 Å². The van der Waals surface area contributed by atoms with Crippen LogP contribution < -0.4 is 24.8 Å². The van der Waals surface area contributed by atoms with Crippen LogP contribution in [-0.4, -0.2) is 46.9 Å². The monoisotopic (exact) mass is 374 g/mol. The van der Waals surface area contributed by atoms with E-state index in [4.69, 9.17) is 14.2 Å². The maximum atomic E-state index is 12.2. The minimum absolute atomic E-state index is 0.00128. The first kappa shape index (κ1) is 19.9. The molecule has 0 aliphatic carbocycles. The van der Waals surface area contributed by atoms with Crippen molar-refractivity contribution in [3.8, 4) is 17.2 Å². The molecule has 0 saturated carbocycles. The Balaban J connectivity index is 2.05. The van der Waals surface area contributed by atoms with Crippen LogP contribution in [-0.2, 0) is 9.53 Å². The van der Waals surface area contributed by atoms with E-state index < -0.39 is 5.97 Å². The molecule has 0 unspecified atom stereocenters. The number of rotatable bonds is 8. The van der Waals surface area contributed by atoms with Gasteiger partial charge in [-0.15, -0.1) is 0 Å². The molecule has 0 radical (unpaired) electrons. The van der Waals surface area contributed by atoms with Crippen molar-refractivity contribution in [2.45, 2.75) is 0 Å². The fourth-order valence-electron chi connectivity index (χ4n) is 2.41. The summed E-state index contributed by atoms with van der Waals surface area (Å²) in [5.74, 6) is 0.584. The zero-order chi connectivity index (χ0) is 19.8. The van der Waals surface area contributed by atoms with Crippen molar-refractivity contribution in [3.05, 3.63) is 42.0 Å². The number of anilines is 2. The van der Waals surface area contributed by atoms with E-state index in [-0.39, 0.29) is 12.5 Å². The SMILES string of the molecule is COC(=O)c1cccc(NCC(=O)Nc2cc(OC)c(OC)c(OC)c2)c1. The topological polar surface area (TPSA) is 95.1 Å². The van der Waals surface area contributed by atoms with Gasteiger partial charge in [0.2, 0.25) is 11.7 Å². The predicted molar refractivity (Wildman–Crippen MR) is 101 cm³/mol. The molecule has 0 aromatic heterocycles. The lowest BCUT2D eigenvalue weighted by Crippen LogP contribution is -2.22. The lowest BCUT2D eigenvalue weighted by atomic mass is 10.2. The van der Waals surface area contributed by atoms with E-state index in [9.17, 15) is 9.59 Å². The molecule has 2 aromatic rings. The van der Waals surface area contributed by atoms with Crippen LogP contribution in [0.25, 0.3) is 0 Å². The maximum Gasteiger partial charge on any atom is 0.337 e. The largest absolute Gasteiger partial charge is 0.493 e. The van der Waals surface area contributed by atoms with Crippen LogP contribution in [0.15, 0.2) is 36.4 Å². The van der Waals surface area contributed by atoms with Crippen LogP contribution in [0.4, 0.5) is 11.4 Å². The van der Waals surface area contributed by atoms with Crippen LogP contribution in [0, 0.1) is 0 Å². The molecule has 8 nitrogen and oxygen atoms in total. The van der Waals surface area contributed by atoms with Gasteiger partial charge in [-0.05, 0) is 18.2 Å². The Bertz CT molecular complexity index is 797. The summed E-state index contributed by atoms with van der Waals surface area (Å²) in [6, 6.07) is 9.96. The highest BCUT2D eigenvalue weighted by Crippen LogP contribution is 2.39. The van der Waals surface area contributed by atoms with Gasteiger partial charge in [-0.25, -0.2) is 4.79 Å². The normalized spacial score (nSPS) is 9.93. The summed E-state index contributed by atoms with van der Waals surface area (Å²) in [5, 5.41) is 5.71. The number of hydrogen-bond donors (Lipinski definition) is 2. The summed E-state index contributed by atoms with van der Waals surface area (Å²) in [4.78, 5) is 23.8. The van der Waals surface area contributed by atoms with Crippen LogP contribution in [0.1, 0.15) is 10.4 Å². The smallest absolute Gasteiger partial charge is 0.337 e. The van der Waals surface area contributed by atoms with Gasteiger partial charge in [0.1, 0.15) is 0 Å². The standard InChI is InChI=1S/C19H22N2O6/c1-24-15-9-14(10-16(25-2)18(15)26-3)21-17(22)11-20-13-7-5-6-12(8-13)19(23)27-4/h5-10,20H,11H2,1-4H3,(H,21,22). The number of methoxy groups -OCH3 is 4. The van der Waals surface area contributed by atoms with E-state index in [1.54, 1.807) is 36.4 Å². The molecule has 2 aromatic carbocycles. The molecule has 0 bridgehead atoms. The van der Waals surface area contributed by atoms with Crippen molar-refractivity contribution in [2.75, 3.05) is 45.6 Å². The molecule has 0 atom stereocenters. The Kier molecular flexibility index (Phi) is 6.87. The van der Waals surface area contributed by atoms with Crippen LogP contribution in [0.5, 0.6) is 17.2 Å². The summed E-state index contributed by atoms with van der Waals surface area (Å²) >= 11 is 0. The number of carbonyl (C=O) groups is 2. The minimum atomic E-state index is -0.444. The van der Waals surface area contributed by atoms with Crippen LogP contribution >= 0.6 is 0 Å². The van der Waals surface area contributed by atoms with E-state index in [0.29, 0.717) is 34.2 Å². The molecule has 0 spiro atoms. The molecular formula is C19H22N2O6. The first-order chi connectivity index (χ1) is 13.0. The quantitative estimate of drug-likeness (QED) is 0.686. The second kappa shape index (κ2) is 9.33. The van der Waals surface area contributed by atoms with E-state index in [0.717, 1.165) is 0 Å².